The number of halogens is 1. The number of carboxylic acid groups (broad SMARTS) is 1. The molecule has 2 amide bonds. The summed E-state index contributed by atoms with van der Waals surface area (Å²) in [5.74, 6) is 0.0997. The summed E-state index contributed by atoms with van der Waals surface area (Å²) in [6.45, 7) is 5.47. The first kappa shape index (κ1) is 24.0. The third-order valence-corrected chi connectivity index (χ3v) is 6.84. The lowest BCUT2D eigenvalue weighted by Crippen LogP contribution is -2.41. The average Bonchev–Trinajstić information content (AvgIpc) is 3.34. The fraction of sp³-hybridized carbons (Fsp3) is 0.444. The highest BCUT2D eigenvalue weighted by molar-refractivity contribution is 7.93. The summed E-state index contributed by atoms with van der Waals surface area (Å²) >= 11 is 7.38. The summed E-state index contributed by atoms with van der Waals surface area (Å²) in [6, 6.07) is 0.951. The molecule has 0 spiro atoms. The average molecular weight is 504 g/mol. The van der Waals surface area contributed by atoms with E-state index < -0.39 is 27.8 Å². The molecule has 1 aliphatic rings. The lowest BCUT2D eigenvalue weighted by molar-refractivity contribution is 0.0608. The summed E-state index contributed by atoms with van der Waals surface area (Å²) in [6.07, 6.45) is -0.502. The Bertz CT molecular complexity index is 1100. The maximum Gasteiger partial charge on any atom is 0.430 e. The minimum atomic E-state index is -4.44. The monoisotopic (exact) mass is 503 g/mol. The Morgan fingerprint density at radius 1 is 1.38 bits per heavy atom. The van der Waals surface area contributed by atoms with Gasteiger partial charge in [-0.25, -0.2) is 28.0 Å². The number of carbonyl (C=O) groups excluding carboxylic acids is 1. The van der Waals surface area contributed by atoms with Crippen LogP contribution in [-0.4, -0.2) is 65.3 Å². The van der Waals surface area contributed by atoms with Crippen molar-refractivity contribution in [1.82, 2.24) is 14.9 Å². The SMILES string of the molecule is CC(C)(C)OC(=O)N(c1cscn1)S(=O)(=O)c1cnc(NC2CCN(C(=O)O)C2)c(Cl)c1. The zero-order chi connectivity index (χ0) is 23.7. The highest BCUT2D eigenvalue weighted by Gasteiger charge is 2.36. The Morgan fingerprint density at radius 2 is 2.09 bits per heavy atom. The first-order chi connectivity index (χ1) is 14.9. The van der Waals surface area contributed by atoms with E-state index in [-0.39, 0.29) is 34.1 Å². The van der Waals surface area contributed by atoms with Crippen molar-refractivity contribution in [1.29, 1.82) is 0 Å². The molecule has 1 atom stereocenters. The molecule has 2 aromatic rings. The number of carbonyl (C=O) groups is 2. The van der Waals surface area contributed by atoms with Gasteiger partial charge in [-0.15, -0.1) is 15.6 Å². The number of thiazole rings is 1. The Kier molecular flexibility index (Phi) is 6.81. The summed E-state index contributed by atoms with van der Waals surface area (Å²) in [5.41, 5.74) is 0.456. The Labute approximate surface area is 194 Å². The van der Waals surface area contributed by atoms with E-state index in [1.807, 2.05) is 0 Å². The molecule has 3 rings (SSSR count). The normalized spacial score (nSPS) is 16.6. The zero-order valence-electron chi connectivity index (χ0n) is 17.5. The number of anilines is 2. The predicted molar refractivity (Wildman–Crippen MR) is 119 cm³/mol. The molecule has 0 aromatic carbocycles. The second kappa shape index (κ2) is 9.08. The van der Waals surface area contributed by atoms with E-state index in [4.69, 9.17) is 21.4 Å². The fourth-order valence-electron chi connectivity index (χ4n) is 2.94. The number of nitrogens with zero attached hydrogens (tertiary/aromatic N) is 4. The van der Waals surface area contributed by atoms with Gasteiger partial charge in [-0.05, 0) is 33.3 Å². The van der Waals surface area contributed by atoms with Crippen LogP contribution < -0.4 is 9.62 Å². The molecule has 14 heteroatoms. The summed E-state index contributed by atoms with van der Waals surface area (Å²) < 4.78 is 32.3. The summed E-state index contributed by atoms with van der Waals surface area (Å²) in [4.78, 5) is 32.7. The zero-order valence-corrected chi connectivity index (χ0v) is 19.9. The van der Waals surface area contributed by atoms with Crippen LogP contribution in [0.2, 0.25) is 5.02 Å². The van der Waals surface area contributed by atoms with Crippen LogP contribution in [-0.2, 0) is 14.8 Å². The third-order valence-electron chi connectivity index (χ3n) is 4.34. The van der Waals surface area contributed by atoms with Crippen LogP contribution in [0.4, 0.5) is 21.2 Å². The number of hydrogen-bond acceptors (Lipinski definition) is 9. The van der Waals surface area contributed by atoms with Crippen molar-refractivity contribution in [2.45, 2.75) is 43.7 Å². The molecule has 0 radical (unpaired) electrons. The van der Waals surface area contributed by atoms with E-state index in [0.717, 1.165) is 17.5 Å². The van der Waals surface area contributed by atoms with Gasteiger partial charge < -0.3 is 20.1 Å². The Morgan fingerprint density at radius 3 is 2.62 bits per heavy atom. The standard InChI is InChI=1S/C18H22ClN5O6S2/c1-18(2,3)30-17(27)24(14-9-31-10-21-14)32(28,29)12-6-13(19)15(20-7-12)22-11-4-5-23(8-11)16(25)26/h6-7,9-11H,4-5,8H2,1-3H3,(H,20,22)(H,25,26). The van der Waals surface area contributed by atoms with Crippen molar-refractivity contribution in [2.24, 2.45) is 0 Å². The number of pyridine rings is 1. The molecular weight excluding hydrogens is 482 g/mol. The molecule has 32 heavy (non-hydrogen) atoms. The minimum Gasteiger partial charge on any atom is -0.465 e. The first-order valence-electron chi connectivity index (χ1n) is 9.45. The van der Waals surface area contributed by atoms with E-state index in [9.17, 15) is 18.0 Å². The van der Waals surface area contributed by atoms with Crippen LogP contribution in [0.3, 0.4) is 0 Å². The number of sulfonamides is 1. The van der Waals surface area contributed by atoms with E-state index in [2.05, 4.69) is 15.3 Å². The molecule has 2 N–H and O–H groups in total. The lowest BCUT2D eigenvalue weighted by atomic mass is 10.2. The van der Waals surface area contributed by atoms with Gasteiger partial charge in [0.2, 0.25) is 0 Å². The van der Waals surface area contributed by atoms with Gasteiger partial charge in [-0.1, -0.05) is 11.6 Å². The number of aromatic nitrogens is 2. The van der Waals surface area contributed by atoms with Gasteiger partial charge in [-0.2, -0.15) is 0 Å². The van der Waals surface area contributed by atoms with Gasteiger partial charge in [0.15, 0.2) is 5.82 Å². The number of nitrogens with one attached hydrogen (secondary N) is 1. The molecular formula is C18H22ClN5O6S2. The third kappa shape index (κ3) is 5.40. The molecule has 0 bridgehead atoms. The number of hydrogen-bond donors (Lipinski definition) is 2. The largest absolute Gasteiger partial charge is 0.465 e. The van der Waals surface area contributed by atoms with Gasteiger partial charge in [0.1, 0.15) is 16.3 Å². The van der Waals surface area contributed by atoms with E-state index >= 15 is 0 Å². The lowest BCUT2D eigenvalue weighted by Gasteiger charge is -2.25. The molecule has 174 valence electrons. The van der Waals surface area contributed by atoms with E-state index in [0.29, 0.717) is 17.3 Å². The van der Waals surface area contributed by atoms with Crippen LogP contribution in [0.15, 0.2) is 28.0 Å². The van der Waals surface area contributed by atoms with Gasteiger partial charge in [0, 0.05) is 30.7 Å². The highest BCUT2D eigenvalue weighted by Crippen LogP contribution is 2.30. The van der Waals surface area contributed by atoms with E-state index in [1.165, 1.54) is 21.9 Å². The molecule has 2 aromatic heterocycles. The van der Waals surface area contributed by atoms with Gasteiger partial charge in [0.05, 0.1) is 10.5 Å². The number of ether oxygens (including phenoxy) is 1. The van der Waals surface area contributed by atoms with Crippen molar-refractivity contribution in [3.05, 3.63) is 28.2 Å². The van der Waals surface area contributed by atoms with Gasteiger partial charge >= 0.3 is 12.2 Å². The summed E-state index contributed by atoms with van der Waals surface area (Å²) in [5, 5.41) is 13.5. The molecule has 1 fully saturated rings. The van der Waals surface area contributed by atoms with Crippen molar-refractivity contribution < 1.29 is 27.9 Å². The van der Waals surface area contributed by atoms with Crippen molar-refractivity contribution >= 4 is 56.8 Å². The van der Waals surface area contributed by atoms with Crippen molar-refractivity contribution in [3.8, 4) is 0 Å². The molecule has 1 aliphatic heterocycles. The number of rotatable bonds is 5. The Balaban J connectivity index is 1.87. The van der Waals surface area contributed by atoms with E-state index in [1.54, 1.807) is 20.8 Å². The second-order valence-corrected chi connectivity index (χ2v) is 10.9. The minimum absolute atomic E-state index is 0.00210. The van der Waals surface area contributed by atoms with Crippen LogP contribution in [0.1, 0.15) is 27.2 Å². The molecule has 1 saturated heterocycles. The van der Waals surface area contributed by atoms with Crippen LogP contribution >= 0.6 is 22.9 Å². The van der Waals surface area contributed by atoms with Gasteiger partial charge in [-0.3, -0.25) is 0 Å². The molecule has 3 heterocycles. The predicted octanol–water partition coefficient (Wildman–Crippen LogP) is 3.49. The molecule has 1 unspecified atom stereocenters. The number of likely N-dealkylation sites (tertiary alicyclic amines) is 1. The highest BCUT2D eigenvalue weighted by atomic mass is 35.5. The number of amides is 2. The fourth-order valence-corrected chi connectivity index (χ4v) is 5.06. The van der Waals surface area contributed by atoms with Gasteiger partial charge in [0.25, 0.3) is 10.0 Å². The molecule has 0 saturated carbocycles. The first-order valence-corrected chi connectivity index (χ1v) is 12.2. The molecule has 11 nitrogen and oxygen atoms in total. The Hall–Kier alpha value is -2.64. The van der Waals surface area contributed by atoms with Crippen molar-refractivity contribution in [3.63, 3.8) is 0 Å². The maximum absolute atomic E-state index is 13.3. The van der Waals surface area contributed by atoms with Crippen molar-refractivity contribution in [2.75, 3.05) is 22.7 Å². The maximum atomic E-state index is 13.3. The topological polar surface area (TPSA) is 142 Å². The van der Waals surface area contributed by atoms with Crippen LogP contribution in [0.25, 0.3) is 0 Å². The van der Waals surface area contributed by atoms with Crippen LogP contribution in [0.5, 0.6) is 0 Å². The smallest absolute Gasteiger partial charge is 0.430 e. The molecule has 0 aliphatic carbocycles. The quantitative estimate of drug-likeness (QED) is 0.626. The van der Waals surface area contributed by atoms with Crippen LogP contribution in [0, 0.1) is 0 Å². The second-order valence-electron chi connectivity index (χ2n) is 7.96. The summed E-state index contributed by atoms with van der Waals surface area (Å²) in [7, 11) is -4.44.